The molecule has 0 saturated heterocycles. The molecule has 1 unspecified atom stereocenters. The zero-order valence-corrected chi connectivity index (χ0v) is 13.4. The van der Waals surface area contributed by atoms with Crippen molar-refractivity contribution in [1.29, 1.82) is 0 Å². The third kappa shape index (κ3) is 3.71. The first-order chi connectivity index (χ1) is 8.97. The fourth-order valence-electron chi connectivity index (χ4n) is 1.85. The Morgan fingerprint density at radius 1 is 1.11 bits per heavy atom. The molecule has 19 heavy (non-hydrogen) atoms. The van der Waals surface area contributed by atoms with Crippen molar-refractivity contribution in [3.63, 3.8) is 0 Å². The minimum Gasteiger partial charge on any atom is -0.207 e. The van der Waals surface area contributed by atoms with Crippen LogP contribution in [0.2, 0.25) is 10.0 Å². The second-order valence-electron chi connectivity index (χ2n) is 4.43. The van der Waals surface area contributed by atoms with Crippen LogP contribution in [-0.4, -0.2) is 0 Å². The number of halogens is 4. The molecular weight excluding hydrogens is 350 g/mol. The first kappa shape index (κ1) is 14.8. The highest BCUT2D eigenvalue weighted by Gasteiger charge is 2.11. The van der Waals surface area contributed by atoms with Crippen LogP contribution < -0.4 is 0 Å². The zero-order chi connectivity index (χ0) is 14.0. The monoisotopic (exact) mass is 360 g/mol. The third-order valence-electron chi connectivity index (χ3n) is 2.94. The molecule has 0 aliphatic carbocycles. The molecule has 100 valence electrons. The summed E-state index contributed by atoms with van der Waals surface area (Å²) in [5, 5.41) is 1.10. The first-order valence-electron chi connectivity index (χ1n) is 5.81. The molecule has 0 nitrogen and oxygen atoms in total. The lowest BCUT2D eigenvalue weighted by atomic mass is 10.0. The van der Waals surface area contributed by atoms with Crippen molar-refractivity contribution in [3.8, 4) is 0 Å². The summed E-state index contributed by atoms with van der Waals surface area (Å²) in [6.45, 7) is 1.76. The van der Waals surface area contributed by atoms with Gasteiger partial charge in [-0.05, 0) is 48.2 Å². The number of hydrogen-bond donors (Lipinski definition) is 0. The van der Waals surface area contributed by atoms with Gasteiger partial charge < -0.3 is 0 Å². The maximum Gasteiger partial charge on any atom is 0.126 e. The van der Waals surface area contributed by atoms with Gasteiger partial charge in [0.25, 0.3) is 0 Å². The van der Waals surface area contributed by atoms with E-state index < -0.39 is 0 Å². The molecule has 0 aliphatic heterocycles. The van der Waals surface area contributed by atoms with Crippen LogP contribution in [0.15, 0.2) is 36.4 Å². The molecule has 0 aliphatic rings. The quantitative estimate of drug-likeness (QED) is 0.577. The van der Waals surface area contributed by atoms with Crippen LogP contribution in [0.4, 0.5) is 4.39 Å². The zero-order valence-electron chi connectivity index (χ0n) is 10.3. The Kier molecular flexibility index (Phi) is 4.88. The molecule has 0 aromatic heterocycles. The number of alkyl halides is 1. The lowest BCUT2D eigenvalue weighted by Crippen LogP contribution is -1.97. The van der Waals surface area contributed by atoms with E-state index in [1.165, 1.54) is 6.07 Å². The molecule has 2 rings (SSSR count). The normalized spacial score (nSPS) is 12.5. The summed E-state index contributed by atoms with van der Waals surface area (Å²) in [5.41, 5.74) is 2.78. The highest BCUT2D eigenvalue weighted by Crippen LogP contribution is 2.30. The average molecular weight is 362 g/mol. The van der Waals surface area contributed by atoms with E-state index in [4.69, 9.17) is 23.2 Å². The molecule has 0 saturated carbocycles. The molecule has 0 heterocycles. The van der Waals surface area contributed by atoms with Gasteiger partial charge in [-0.2, -0.15) is 0 Å². The average Bonchev–Trinajstić information content (AvgIpc) is 2.37. The molecule has 0 fully saturated rings. The molecule has 4 heteroatoms. The van der Waals surface area contributed by atoms with Gasteiger partial charge in [-0.3, -0.25) is 0 Å². The van der Waals surface area contributed by atoms with Crippen LogP contribution in [0.1, 0.15) is 21.5 Å². The number of benzene rings is 2. The Morgan fingerprint density at radius 3 is 2.47 bits per heavy atom. The Bertz CT molecular complexity index is 599. The van der Waals surface area contributed by atoms with Gasteiger partial charge in [0.1, 0.15) is 5.82 Å². The van der Waals surface area contributed by atoms with Crippen molar-refractivity contribution < 1.29 is 4.39 Å². The summed E-state index contributed by atoms with van der Waals surface area (Å²) < 4.78 is 13.2. The maximum atomic E-state index is 13.2. The standard InChI is InChI=1S/C15H12BrCl2F/c1-9-6-11(3-5-15(9)19)12(16)7-10-2-4-13(17)14(18)8-10/h2-6,8,12H,7H2,1H3. The predicted octanol–water partition coefficient (Wildman–Crippen LogP) is 6.12. The Hall–Kier alpha value is -0.570. The Balaban J connectivity index is 2.17. The SMILES string of the molecule is Cc1cc(C(Br)Cc2ccc(Cl)c(Cl)c2)ccc1F. The molecule has 0 N–H and O–H groups in total. The van der Waals surface area contributed by atoms with Crippen LogP contribution in [0.5, 0.6) is 0 Å². The molecular formula is C15H12BrCl2F. The highest BCUT2D eigenvalue weighted by atomic mass is 79.9. The minimum atomic E-state index is -0.182. The molecule has 2 aromatic carbocycles. The maximum absolute atomic E-state index is 13.2. The van der Waals surface area contributed by atoms with Gasteiger partial charge in [0, 0.05) is 4.83 Å². The summed E-state index contributed by atoms with van der Waals surface area (Å²) in [7, 11) is 0. The largest absolute Gasteiger partial charge is 0.207 e. The predicted molar refractivity (Wildman–Crippen MR) is 83.0 cm³/mol. The highest BCUT2D eigenvalue weighted by molar-refractivity contribution is 9.09. The molecule has 2 aromatic rings. The van der Waals surface area contributed by atoms with E-state index in [0.717, 1.165) is 17.5 Å². The smallest absolute Gasteiger partial charge is 0.126 e. The molecule has 1 atom stereocenters. The Morgan fingerprint density at radius 2 is 1.84 bits per heavy atom. The van der Waals surface area contributed by atoms with Gasteiger partial charge >= 0.3 is 0 Å². The van der Waals surface area contributed by atoms with Crippen molar-refractivity contribution in [2.45, 2.75) is 18.2 Å². The van der Waals surface area contributed by atoms with Gasteiger partial charge in [-0.15, -0.1) is 0 Å². The second-order valence-corrected chi connectivity index (χ2v) is 6.35. The topological polar surface area (TPSA) is 0 Å². The van der Waals surface area contributed by atoms with Crippen molar-refractivity contribution in [3.05, 3.63) is 69.0 Å². The van der Waals surface area contributed by atoms with E-state index in [0.29, 0.717) is 15.6 Å². The first-order valence-corrected chi connectivity index (χ1v) is 7.48. The van der Waals surface area contributed by atoms with Gasteiger partial charge in [0.05, 0.1) is 10.0 Å². The fourth-order valence-corrected chi connectivity index (χ4v) is 2.83. The molecule has 0 bridgehead atoms. The number of rotatable bonds is 3. The molecule has 0 spiro atoms. The van der Waals surface area contributed by atoms with E-state index in [2.05, 4.69) is 15.9 Å². The fraction of sp³-hybridized carbons (Fsp3) is 0.200. The lowest BCUT2D eigenvalue weighted by Gasteiger charge is -2.12. The van der Waals surface area contributed by atoms with Crippen molar-refractivity contribution in [2.75, 3.05) is 0 Å². The summed E-state index contributed by atoms with van der Waals surface area (Å²) >= 11 is 15.5. The van der Waals surface area contributed by atoms with Gasteiger partial charge in [-0.25, -0.2) is 4.39 Å². The van der Waals surface area contributed by atoms with Gasteiger partial charge in [-0.1, -0.05) is 57.3 Å². The molecule has 0 amide bonds. The van der Waals surface area contributed by atoms with Gasteiger partial charge in [0.2, 0.25) is 0 Å². The molecule has 0 radical (unpaired) electrons. The van der Waals surface area contributed by atoms with Crippen LogP contribution in [0, 0.1) is 12.7 Å². The van der Waals surface area contributed by atoms with Crippen molar-refractivity contribution >= 4 is 39.1 Å². The van der Waals surface area contributed by atoms with E-state index in [1.807, 2.05) is 18.2 Å². The van der Waals surface area contributed by atoms with Crippen molar-refractivity contribution in [2.24, 2.45) is 0 Å². The summed E-state index contributed by atoms with van der Waals surface area (Å²) in [5.74, 6) is -0.182. The van der Waals surface area contributed by atoms with E-state index in [1.54, 1.807) is 19.1 Å². The van der Waals surface area contributed by atoms with E-state index in [-0.39, 0.29) is 10.6 Å². The minimum absolute atomic E-state index is 0.115. The van der Waals surface area contributed by atoms with E-state index in [9.17, 15) is 4.39 Å². The van der Waals surface area contributed by atoms with Crippen molar-refractivity contribution in [1.82, 2.24) is 0 Å². The summed E-state index contributed by atoms with van der Waals surface area (Å²) in [4.78, 5) is 0.115. The Labute approximate surface area is 130 Å². The van der Waals surface area contributed by atoms with Gasteiger partial charge in [0.15, 0.2) is 0 Å². The number of hydrogen-bond acceptors (Lipinski definition) is 0. The third-order valence-corrected chi connectivity index (χ3v) is 4.53. The van der Waals surface area contributed by atoms with Crippen LogP contribution in [0.25, 0.3) is 0 Å². The van der Waals surface area contributed by atoms with Crippen LogP contribution in [-0.2, 0) is 6.42 Å². The van der Waals surface area contributed by atoms with E-state index >= 15 is 0 Å². The number of aryl methyl sites for hydroxylation is 1. The summed E-state index contributed by atoms with van der Waals surface area (Å²) in [6, 6.07) is 10.7. The second kappa shape index (κ2) is 6.25. The summed E-state index contributed by atoms with van der Waals surface area (Å²) in [6.07, 6.45) is 0.766. The van der Waals surface area contributed by atoms with Crippen LogP contribution >= 0.6 is 39.1 Å². The lowest BCUT2D eigenvalue weighted by molar-refractivity contribution is 0.617. The van der Waals surface area contributed by atoms with Crippen LogP contribution in [0.3, 0.4) is 0 Å².